The number of pyridine rings is 1. The number of carbonyl (C=O) groups is 1. The second kappa shape index (κ2) is 7.67. The maximum absolute atomic E-state index is 12.6. The molecule has 0 aliphatic carbocycles. The Balaban J connectivity index is 1.61. The molecule has 0 radical (unpaired) electrons. The monoisotopic (exact) mass is 397 g/mol. The Morgan fingerprint density at radius 2 is 1.67 bits per heavy atom. The minimum Gasteiger partial charge on any atom is -0.353 e. The van der Waals surface area contributed by atoms with Crippen LogP contribution in [0.25, 0.3) is 0 Å². The molecule has 0 saturated carbocycles. The Labute approximate surface area is 157 Å². The zero-order chi connectivity index (χ0) is 19.6. The van der Waals surface area contributed by atoms with E-state index >= 15 is 0 Å². The number of nitrogens with zero attached hydrogens (tertiary/aromatic N) is 3. The number of piperazine rings is 1. The summed E-state index contributed by atoms with van der Waals surface area (Å²) in [6.07, 6.45) is -2.01. The molecule has 1 saturated heterocycles. The Morgan fingerprint density at radius 1 is 1.04 bits per heavy atom. The van der Waals surface area contributed by atoms with E-state index < -0.39 is 22.5 Å². The molecule has 9 heteroatoms. The summed E-state index contributed by atoms with van der Waals surface area (Å²) in [4.78, 5) is 20.7. The van der Waals surface area contributed by atoms with Crippen LogP contribution >= 0.6 is 0 Å². The summed E-state index contributed by atoms with van der Waals surface area (Å²) in [5.41, 5.74) is -0.262. The van der Waals surface area contributed by atoms with Crippen LogP contribution in [-0.2, 0) is 17.0 Å². The molecule has 0 spiro atoms. The molecule has 5 nitrogen and oxygen atoms in total. The molecule has 144 valence electrons. The van der Waals surface area contributed by atoms with E-state index in [1.54, 1.807) is 35.4 Å². The molecule has 0 N–H and O–H groups in total. The van der Waals surface area contributed by atoms with E-state index in [4.69, 9.17) is 0 Å². The molecule has 1 aliphatic heterocycles. The first kappa shape index (κ1) is 19.3. The van der Waals surface area contributed by atoms with E-state index in [2.05, 4.69) is 4.98 Å². The van der Waals surface area contributed by atoms with Crippen LogP contribution in [-0.4, -0.2) is 52.4 Å². The van der Waals surface area contributed by atoms with Gasteiger partial charge >= 0.3 is 6.18 Å². The lowest BCUT2D eigenvalue weighted by atomic mass is 10.2. The maximum Gasteiger partial charge on any atom is 0.417 e. The molecule has 1 atom stereocenters. The number of benzene rings is 1. The molecule has 1 aromatic heterocycles. The number of anilines is 1. The fourth-order valence-electron chi connectivity index (χ4n) is 2.85. The molecule has 27 heavy (non-hydrogen) atoms. The van der Waals surface area contributed by atoms with Gasteiger partial charge in [-0.25, -0.2) is 4.98 Å². The van der Waals surface area contributed by atoms with Gasteiger partial charge < -0.3 is 9.80 Å². The van der Waals surface area contributed by atoms with Gasteiger partial charge in [0.25, 0.3) is 5.91 Å². The topological polar surface area (TPSA) is 53.5 Å². The number of hydrogen-bond acceptors (Lipinski definition) is 4. The Hall–Kier alpha value is -2.42. The number of alkyl halides is 3. The van der Waals surface area contributed by atoms with Crippen molar-refractivity contribution < 1.29 is 22.2 Å². The SMILES string of the molecule is CS(=O)c1ccc(C(=O)N2CCN(c3ccc(C(F)(F)F)cn3)CC2)cc1. The largest absolute Gasteiger partial charge is 0.417 e. The highest BCUT2D eigenvalue weighted by Gasteiger charge is 2.31. The van der Waals surface area contributed by atoms with Gasteiger partial charge in [-0.3, -0.25) is 9.00 Å². The summed E-state index contributed by atoms with van der Waals surface area (Å²) in [5, 5.41) is 0. The highest BCUT2D eigenvalue weighted by atomic mass is 32.2. The van der Waals surface area contributed by atoms with Gasteiger partial charge in [0.15, 0.2) is 0 Å². The van der Waals surface area contributed by atoms with Gasteiger partial charge in [0.1, 0.15) is 5.82 Å². The van der Waals surface area contributed by atoms with Crippen LogP contribution in [0.2, 0.25) is 0 Å². The second-order valence-corrected chi connectivity index (χ2v) is 7.54. The Morgan fingerprint density at radius 3 is 2.15 bits per heavy atom. The number of rotatable bonds is 3. The second-order valence-electron chi connectivity index (χ2n) is 6.16. The molecule has 2 aromatic rings. The summed E-state index contributed by atoms with van der Waals surface area (Å²) >= 11 is 0. The predicted octanol–water partition coefficient (Wildman–Crippen LogP) is 2.80. The van der Waals surface area contributed by atoms with Crippen LogP contribution in [0, 0.1) is 0 Å². The summed E-state index contributed by atoms with van der Waals surface area (Å²) in [5.74, 6) is 0.341. The average Bonchev–Trinajstić information content (AvgIpc) is 2.67. The van der Waals surface area contributed by atoms with Crippen molar-refractivity contribution in [3.8, 4) is 0 Å². The third kappa shape index (κ3) is 4.47. The number of hydrogen-bond donors (Lipinski definition) is 0. The van der Waals surface area contributed by atoms with Crippen molar-refractivity contribution in [2.45, 2.75) is 11.1 Å². The van der Waals surface area contributed by atoms with Gasteiger partial charge in [0.05, 0.1) is 5.56 Å². The predicted molar refractivity (Wildman–Crippen MR) is 96.1 cm³/mol. The maximum atomic E-state index is 12.6. The molecule has 1 aromatic carbocycles. The van der Waals surface area contributed by atoms with Crippen LogP contribution in [0.4, 0.5) is 19.0 Å². The van der Waals surface area contributed by atoms with Gasteiger partial charge in [-0.05, 0) is 36.4 Å². The summed E-state index contributed by atoms with van der Waals surface area (Å²) in [6, 6.07) is 9.02. The highest BCUT2D eigenvalue weighted by molar-refractivity contribution is 7.84. The number of amides is 1. The Kier molecular flexibility index (Phi) is 5.50. The van der Waals surface area contributed by atoms with Crippen molar-refractivity contribution in [2.75, 3.05) is 37.3 Å². The normalized spacial score (nSPS) is 16.3. The van der Waals surface area contributed by atoms with E-state index in [1.807, 2.05) is 4.90 Å². The first-order valence-electron chi connectivity index (χ1n) is 8.26. The van der Waals surface area contributed by atoms with Crippen molar-refractivity contribution in [1.29, 1.82) is 0 Å². The molecule has 1 fully saturated rings. The molecule has 2 heterocycles. The van der Waals surface area contributed by atoms with E-state index in [0.29, 0.717) is 42.5 Å². The molecule has 0 bridgehead atoms. The van der Waals surface area contributed by atoms with E-state index in [9.17, 15) is 22.2 Å². The smallest absolute Gasteiger partial charge is 0.353 e. The molecular formula is C18H18F3N3O2S. The zero-order valence-corrected chi connectivity index (χ0v) is 15.4. The lowest BCUT2D eigenvalue weighted by Crippen LogP contribution is -2.49. The van der Waals surface area contributed by atoms with E-state index in [0.717, 1.165) is 12.3 Å². The first-order valence-corrected chi connectivity index (χ1v) is 9.82. The van der Waals surface area contributed by atoms with Crippen LogP contribution < -0.4 is 4.90 Å². The summed E-state index contributed by atoms with van der Waals surface area (Å²) in [7, 11) is -1.10. The van der Waals surface area contributed by atoms with E-state index in [1.165, 1.54) is 6.07 Å². The molecule has 1 aliphatic rings. The molecule has 1 amide bonds. The fourth-order valence-corrected chi connectivity index (χ4v) is 3.37. The number of aromatic nitrogens is 1. The van der Waals surface area contributed by atoms with Crippen molar-refractivity contribution >= 4 is 22.5 Å². The summed E-state index contributed by atoms with van der Waals surface area (Å²) < 4.78 is 49.3. The highest BCUT2D eigenvalue weighted by Crippen LogP contribution is 2.29. The molecular weight excluding hydrogens is 379 g/mol. The Bertz CT molecular complexity index is 830. The average molecular weight is 397 g/mol. The third-order valence-corrected chi connectivity index (χ3v) is 5.34. The van der Waals surface area contributed by atoms with Gasteiger partial charge in [-0.15, -0.1) is 0 Å². The molecule has 1 unspecified atom stereocenters. The van der Waals surface area contributed by atoms with Crippen LogP contribution in [0.1, 0.15) is 15.9 Å². The van der Waals surface area contributed by atoms with Gasteiger partial charge in [-0.2, -0.15) is 13.2 Å². The van der Waals surface area contributed by atoms with Crippen molar-refractivity contribution in [3.05, 3.63) is 53.7 Å². The molecule has 3 rings (SSSR count). The minimum absolute atomic E-state index is 0.122. The zero-order valence-electron chi connectivity index (χ0n) is 14.6. The fraction of sp³-hybridized carbons (Fsp3) is 0.333. The van der Waals surface area contributed by atoms with Crippen molar-refractivity contribution in [2.24, 2.45) is 0 Å². The lowest BCUT2D eigenvalue weighted by Gasteiger charge is -2.35. The number of carbonyl (C=O) groups excluding carboxylic acids is 1. The quantitative estimate of drug-likeness (QED) is 0.799. The van der Waals surface area contributed by atoms with Crippen LogP contribution in [0.3, 0.4) is 0 Å². The minimum atomic E-state index is -4.41. The third-order valence-electron chi connectivity index (χ3n) is 4.40. The van der Waals surface area contributed by atoms with Crippen LogP contribution in [0.15, 0.2) is 47.5 Å². The van der Waals surface area contributed by atoms with Crippen LogP contribution in [0.5, 0.6) is 0 Å². The first-order chi connectivity index (χ1) is 12.8. The lowest BCUT2D eigenvalue weighted by molar-refractivity contribution is -0.137. The van der Waals surface area contributed by atoms with Gasteiger partial charge in [0, 0.05) is 59.9 Å². The van der Waals surface area contributed by atoms with Gasteiger partial charge in [-0.1, -0.05) is 0 Å². The van der Waals surface area contributed by atoms with E-state index in [-0.39, 0.29) is 5.91 Å². The van der Waals surface area contributed by atoms with Gasteiger partial charge in [0.2, 0.25) is 0 Å². The van der Waals surface area contributed by atoms with Crippen molar-refractivity contribution in [1.82, 2.24) is 9.88 Å². The number of halogens is 3. The summed E-state index contributed by atoms with van der Waals surface area (Å²) in [6.45, 7) is 1.87. The van der Waals surface area contributed by atoms with Crippen molar-refractivity contribution in [3.63, 3.8) is 0 Å². The standard InChI is InChI=1S/C18H18F3N3O2S/c1-27(26)15-5-2-13(3-6-15)17(25)24-10-8-23(9-11-24)16-7-4-14(12-22-16)18(19,20)21/h2-7,12H,8-11H2,1H3.